The molecule has 2 heterocycles. The second kappa shape index (κ2) is 5.77. The fourth-order valence-electron chi connectivity index (χ4n) is 3.78. The molecule has 1 atom stereocenters. The highest BCUT2D eigenvalue weighted by Crippen LogP contribution is 2.48. The van der Waals surface area contributed by atoms with Crippen LogP contribution in [0.1, 0.15) is 38.2 Å². The lowest BCUT2D eigenvalue weighted by Gasteiger charge is -2.24. The number of benzene rings is 1. The largest absolute Gasteiger partial charge is 0.417 e. The van der Waals surface area contributed by atoms with Gasteiger partial charge in [0, 0.05) is 12.6 Å². The number of likely N-dealkylation sites (tertiary alicyclic amines) is 1. The summed E-state index contributed by atoms with van der Waals surface area (Å²) in [5, 5.41) is 3.19. The Morgan fingerprint density at radius 3 is 2.83 bits per heavy atom. The Bertz CT molecular complexity index is 812. The van der Waals surface area contributed by atoms with E-state index in [0.29, 0.717) is 11.1 Å². The maximum absolute atomic E-state index is 12.8. The van der Waals surface area contributed by atoms with E-state index in [0.717, 1.165) is 38.0 Å². The number of nitrogens with zero attached hydrogens (tertiary/aromatic N) is 1. The number of aromatic amines is 1. The van der Waals surface area contributed by atoms with Gasteiger partial charge in [-0.05, 0) is 63.4 Å². The highest BCUT2D eigenvalue weighted by Gasteiger charge is 2.51. The molecule has 1 aliphatic heterocycles. The fraction of sp³-hybridized carbons (Fsp3) is 0.556. The number of hydrogen-bond donors (Lipinski definition) is 2. The Hall–Kier alpha value is -2.08. The molecule has 0 spiro atoms. The Morgan fingerprint density at radius 2 is 2.12 bits per heavy atom. The van der Waals surface area contributed by atoms with Crippen LogP contribution in [0.15, 0.2) is 27.4 Å². The number of carbonyl (C=O) groups excluding carboxylic acids is 1. The highest BCUT2D eigenvalue weighted by atomic mass is 16.4. The quantitative estimate of drug-likeness (QED) is 0.876. The third kappa shape index (κ3) is 2.75. The maximum atomic E-state index is 12.8. The monoisotopic (exact) mass is 329 g/mol. The first-order valence-corrected chi connectivity index (χ1v) is 8.73. The van der Waals surface area contributed by atoms with Crippen molar-refractivity contribution in [2.75, 3.05) is 19.6 Å². The number of H-pyrrole nitrogens is 1. The van der Waals surface area contributed by atoms with Crippen LogP contribution in [-0.2, 0) is 10.2 Å². The van der Waals surface area contributed by atoms with Gasteiger partial charge in [0.25, 0.3) is 0 Å². The Labute approximate surface area is 140 Å². The van der Waals surface area contributed by atoms with Crippen molar-refractivity contribution in [1.29, 1.82) is 0 Å². The molecule has 2 aliphatic rings. The van der Waals surface area contributed by atoms with E-state index in [2.05, 4.69) is 22.1 Å². The molecule has 1 unspecified atom stereocenters. The predicted octanol–water partition coefficient (Wildman–Crippen LogP) is 1.75. The maximum Gasteiger partial charge on any atom is 0.417 e. The highest BCUT2D eigenvalue weighted by molar-refractivity contribution is 5.92. The average Bonchev–Trinajstić information content (AvgIpc) is 3.04. The number of fused-ring (bicyclic) bond motifs is 1. The van der Waals surface area contributed by atoms with Crippen molar-refractivity contribution < 1.29 is 9.21 Å². The number of hydrogen-bond acceptors (Lipinski definition) is 4. The van der Waals surface area contributed by atoms with E-state index >= 15 is 0 Å². The standard InChI is InChI=1S/C18H23N3O3/c1-12(11-21-8-2-3-9-21)19-16(22)18(6-7-18)13-4-5-15-14(10-13)20-17(23)24-15/h4-5,10,12H,2-3,6-9,11H2,1H3,(H,19,22)(H,20,23). The first kappa shape index (κ1) is 15.4. The SMILES string of the molecule is CC(CN1CCCC1)NC(=O)C1(c2ccc3oc(=O)[nH]c3c2)CC1. The van der Waals surface area contributed by atoms with Gasteiger partial charge in [-0.3, -0.25) is 9.78 Å². The summed E-state index contributed by atoms with van der Waals surface area (Å²) in [7, 11) is 0. The first-order chi connectivity index (χ1) is 11.6. The molecule has 2 aromatic rings. The number of amides is 1. The number of aromatic nitrogens is 1. The van der Waals surface area contributed by atoms with Gasteiger partial charge in [0.2, 0.25) is 5.91 Å². The summed E-state index contributed by atoms with van der Waals surface area (Å²) >= 11 is 0. The normalized spacial score (nSPS) is 21.0. The summed E-state index contributed by atoms with van der Waals surface area (Å²) in [6.07, 6.45) is 4.22. The Kier molecular flexibility index (Phi) is 3.72. The Balaban J connectivity index is 1.48. The van der Waals surface area contributed by atoms with Crippen molar-refractivity contribution in [3.8, 4) is 0 Å². The van der Waals surface area contributed by atoms with Gasteiger partial charge >= 0.3 is 5.76 Å². The van der Waals surface area contributed by atoms with Crippen LogP contribution in [-0.4, -0.2) is 41.5 Å². The van der Waals surface area contributed by atoms with Gasteiger partial charge in [-0.2, -0.15) is 0 Å². The molecule has 128 valence electrons. The minimum absolute atomic E-state index is 0.0967. The smallest absolute Gasteiger partial charge is 0.408 e. The zero-order valence-electron chi connectivity index (χ0n) is 13.9. The van der Waals surface area contributed by atoms with Crippen LogP contribution in [0.5, 0.6) is 0 Å². The lowest BCUT2D eigenvalue weighted by molar-refractivity contribution is -0.124. The van der Waals surface area contributed by atoms with Crippen LogP contribution in [0, 0.1) is 0 Å². The lowest BCUT2D eigenvalue weighted by atomic mass is 9.94. The lowest BCUT2D eigenvalue weighted by Crippen LogP contribution is -2.45. The van der Waals surface area contributed by atoms with Crippen LogP contribution in [0.4, 0.5) is 0 Å². The second-order valence-electron chi connectivity index (χ2n) is 7.19. The van der Waals surface area contributed by atoms with Crippen molar-refractivity contribution in [1.82, 2.24) is 15.2 Å². The fourth-order valence-corrected chi connectivity index (χ4v) is 3.78. The van der Waals surface area contributed by atoms with Crippen molar-refractivity contribution in [2.45, 2.75) is 44.1 Å². The number of rotatable bonds is 5. The van der Waals surface area contributed by atoms with E-state index in [1.165, 1.54) is 12.8 Å². The second-order valence-corrected chi connectivity index (χ2v) is 7.19. The Morgan fingerprint density at radius 1 is 1.38 bits per heavy atom. The minimum Gasteiger partial charge on any atom is -0.408 e. The van der Waals surface area contributed by atoms with E-state index in [1.54, 1.807) is 6.07 Å². The topological polar surface area (TPSA) is 78.3 Å². The molecule has 1 aromatic carbocycles. The van der Waals surface area contributed by atoms with E-state index < -0.39 is 11.2 Å². The van der Waals surface area contributed by atoms with Gasteiger partial charge in [0.05, 0.1) is 10.9 Å². The molecule has 4 rings (SSSR count). The van der Waals surface area contributed by atoms with Gasteiger partial charge in [0.15, 0.2) is 5.58 Å². The molecule has 1 saturated heterocycles. The molecule has 6 heteroatoms. The van der Waals surface area contributed by atoms with Crippen LogP contribution in [0.2, 0.25) is 0 Å². The molecule has 1 aromatic heterocycles. The van der Waals surface area contributed by atoms with Crippen molar-refractivity contribution in [2.24, 2.45) is 0 Å². The van der Waals surface area contributed by atoms with Gasteiger partial charge < -0.3 is 14.6 Å². The molecule has 0 radical (unpaired) electrons. The van der Waals surface area contributed by atoms with Crippen LogP contribution < -0.4 is 11.1 Å². The summed E-state index contributed by atoms with van der Waals surface area (Å²) in [5.41, 5.74) is 1.70. The van der Waals surface area contributed by atoms with Crippen molar-refractivity contribution in [3.05, 3.63) is 34.3 Å². The molecule has 1 saturated carbocycles. The van der Waals surface area contributed by atoms with Crippen LogP contribution in [0.25, 0.3) is 11.1 Å². The first-order valence-electron chi connectivity index (χ1n) is 8.73. The van der Waals surface area contributed by atoms with Crippen molar-refractivity contribution in [3.63, 3.8) is 0 Å². The molecular formula is C18H23N3O3. The summed E-state index contributed by atoms with van der Waals surface area (Å²) < 4.78 is 5.04. The number of nitrogens with one attached hydrogen (secondary N) is 2. The summed E-state index contributed by atoms with van der Waals surface area (Å²) in [6.45, 7) is 5.25. The van der Waals surface area contributed by atoms with Crippen LogP contribution in [0.3, 0.4) is 0 Å². The van der Waals surface area contributed by atoms with Gasteiger partial charge in [-0.25, -0.2) is 4.79 Å². The van der Waals surface area contributed by atoms with E-state index in [9.17, 15) is 9.59 Å². The van der Waals surface area contributed by atoms with Crippen molar-refractivity contribution >= 4 is 17.0 Å². The zero-order chi connectivity index (χ0) is 16.7. The minimum atomic E-state index is -0.462. The van der Waals surface area contributed by atoms with E-state index in [1.807, 2.05) is 12.1 Å². The van der Waals surface area contributed by atoms with Gasteiger partial charge in [-0.1, -0.05) is 6.07 Å². The predicted molar refractivity (Wildman–Crippen MR) is 91.0 cm³/mol. The molecule has 1 amide bonds. The molecule has 2 fully saturated rings. The molecule has 0 bridgehead atoms. The molecule has 1 aliphatic carbocycles. The third-order valence-corrected chi connectivity index (χ3v) is 5.26. The zero-order valence-corrected chi connectivity index (χ0v) is 13.9. The van der Waals surface area contributed by atoms with E-state index in [-0.39, 0.29) is 11.9 Å². The van der Waals surface area contributed by atoms with Gasteiger partial charge in [0.1, 0.15) is 0 Å². The van der Waals surface area contributed by atoms with Crippen LogP contribution >= 0.6 is 0 Å². The molecule has 2 N–H and O–H groups in total. The molecule has 6 nitrogen and oxygen atoms in total. The molecule has 24 heavy (non-hydrogen) atoms. The van der Waals surface area contributed by atoms with Gasteiger partial charge in [-0.15, -0.1) is 0 Å². The summed E-state index contributed by atoms with van der Waals surface area (Å²) in [4.78, 5) is 29.2. The average molecular weight is 329 g/mol. The van der Waals surface area contributed by atoms with E-state index in [4.69, 9.17) is 4.42 Å². The summed E-state index contributed by atoms with van der Waals surface area (Å²) in [6, 6.07) is 5.68. The summed E-state index contributed by atoms with van der Waals surface area (Å²) in [5.74, 6) is -0.366. The molecular weight excluding hydrogens is 306 g/mol. The third-order valence-electron chi connectivity index (χ3n) is 5.26. The number of carbonyl (C=O) groups is 1. The number of oxazole rings is 1.